The summed E-state index contributed by atoms with van der Waals surface area (Å²) >= 11 is 0. The highest BCUT2D eigenvalue weighted by Crippen LogP contribution is 2.20. The van der Waals surface area contributed by atoms with Crippen LogP contribution < -0.4 is 0 Å². The SMILES string of the molecule is COCc1ccc(-c2nc3ccccc3[nH]2)cc1. The van der Waals surface area contributed by atoms with Crippen LogP contribution in [0.25, 0.3) is 22.4 Å². The fourth-order valence-corrected chi connectivity index (χ4v) is 2.02. The third kappa shape index (κ3) is 2.00. The molecule has 0 fully saturated rings. The van der Waals surface area contributed by atoms with Gasteiger partial charge >= 0.3 is 0 Å². The number of benzene rings is 2. The van der Waals surface area contributed by atoms with E-state index in [1.54, 1.807) is 7.11 Å². The molecule has 1 heterocycles. The number of aromatic nitrogens is 2. The van der Waals surface area contributed by atoms with E-state index in [-0.39, 0.29) is 0 Å². The summed E-state index contributed by atoms with van der Waals surface area (Å²) in [5, 5.41) is 0. The van der Waals surface area contributed by atoms with Gasteiger partial charge in [0, 0.05) is 12.7 Å². The van der Waals surface area contributed by atoms with Crippen LogP contribution in [0, 0.1) is 0 Å². The smallest absolute Gasteiger partial charge is 0.138 e. The number of aromatic amines is 1. The number of imidazole rings is 1. The molecular formula is C15H14N2O. The summed E-state index contributed by atoms with van der Waals surface area (Å²) in [6.45, 7) is 0.639. The normalized spacial score (nSPS) is 10.9. The Morgan fingerprint density at radius 2 is 1.83 bits per heavy atom. The van der Waals surface area contributed by atoms with Gasteiger partial charge in [0.1, 0.15) is 5.82 Å². The second-order valence-corrected chi connectivity index (χ2v) is 4.23. The molecule has 3 heteroatoms. The van der Waals surface area contributed by atoms with Gasteiger partial charge in [-0.25, -0.2) is 4.98 Å². The summed E-state index contributed by atoms with van der Waals surface area (Å²) in [5.74, 6) is 0.903. The zero-order valence-corrected chi connectivity index (χ0v) is 10.2. The first-order chi connectivity index (χ1) is 8.86. The Morgan fingerprint density at radius 1 is 1.06 bits per heavy atom. The highest BCUT2D eigenvalue weighted by Gasteiger charge is 2.04. The molecule has 3 nitrogen and oxygen atoms in total. The lowest BCUT2D eigenvalue weighted by molar-refractivity contribution is 0.185. The van der Waals surface area contributed by atoms with Crippen molar-refractivity contribution >= 4 is 11.0 Å². The largest absolute Gasteiger partial charge is 0.380 e. The Kier molecular flexibility index (Phi) is 2.82. The Balaban J connectivity index is 1.98. The summed E-state index contributed by atoms with van der Waals surface area (Å²) in [5.41, 5.74) is 4.31. The molecule has 18 heavy (non-hydrogen) atoms. The average Bonchev–Trinajstić information content (AvgIpc) is 2.84. The zero-order valence-electron chi connectivity index (χ0n) is 10.2. The van der Waals surface area contributed by atoms with Gasteiger partial charge in [-0.15, -0.1) is 0 Å². The van der Waals surface area contributed by atoms with Crippen LogP contribution in [0.1, 0.15) is 5.56 Å². The van der Waals surface area contributed by atoms with Crippen LogP contribution in [-0.4, -0.2) is 17.1 Å². The second kappa shape index (κ2) is 4.63. The summed E-state index contributed by atoms with van der Waals surface area (Å²) in [7, 11) is 1.70. The fraction of sp³-hybridized carbons (Fsp3) is 0.133. The van der Waals surface area contributed by atoms with E-state index in [4.69, 9.17) is 4.74 Å². The number of ether oxygens (including phenoxy) is 1. The van der Waals surface area contributed by atoms with Crippen molar-refractivity contribution in [2.75, 3.05) is 7.11 Å². The van der Waals surface area contributed by atoms with Crippen molar-refractivity contribution in [2.24, 2.45) is 0 Å². The number of fused-ring (bicyclic) bond motifs is 1. The lowest BCUT2D eigenvalue weighted by Gasteiger charge is -2.00. The molecule has 90 valence electrons. The predicted octanol–water partition coefficient (Wildman–Crippen LogP) is 3.38. The number of hydrogen-bond acceptors (Lipinski definition) is 2. The fourth-order valence-electron chi connectivity index (χ4n) is 2.02. The maximum atomic E-state index is 5.10. The Hall–Kier alpha value is -2.13. The Morgan fingerprint density at radius 3 is 2.56 bits per heavy atom. The minimum absolute atomic E-state index is 0.639. The lowest BCUT2D eigenvalue weighted by atomic mass is 10.1. The molecule has 0 aliphatic rings. The first-order valence-corrected chi connectivity index (χ1v) is 5.90. The van der Waals surface area contributed by atoms with Crippen LogP contribution in [-0.2, 0) is 11.3 Å². The number of para-hydroxylation sites is 2. The van der Waals surface area contributed by atoms with Crippen LogP contribution in [0.3, 0.4) is 0 Å². The number of methoxy groups -OCH3 is 1. The highest BCUT2D eigenvalue weighted by molar-refractivity contribution is 5.79. The van der Waals surface area contributed by atoms with Gasteiger partial charge in [-0.3, -0.25) is 0 Å². The van der Waals surface area contributed by atoms with E-state index >= 15 is 0 Å². The molecule has 3 aromatic rings. The van der Waals surface area contributed by atoms with Crippen molar-refractivity contribution in [1.82, 2.24) is 9.97 Å². The van der Waals surface area contributed by atoms with Gasteiger partial charge in [0.05, 0.1) is 17.6 Å². The lowest BCUT2D eigenvalue weighted by Crippen LogP contribution is -1.87. The second-order valence-electron chi connectivity index (χ2n) is 4.23. The molecule has 0 saturated heterocycles. The molecule has 0 aliphatic heterocycles. The van der Waals surface area contributed by atoms with Crippen LogP contribution in [0.4, 0.5) is 0 Å². The van der Waals surface area contributed by atoms with E-state index in [1.165, 1.54) is 0 Å². The number of hydrogen-bond donors (Lipinski definition) is 1. The van der Waals surface area contributed by atoms with E-state index in [0.717, 1.165) is 28.0 Å². The van der Waals surface area contributed by atoms with Crippen molar-refractivity contribution in [3.8, 4) is 11.4 Å². The van der Waals surface area contributed by atoms with E-state index in [2.05, 4.69) is 34.2 Å². The number of nitrogens with one attached hydrogen (secondary N) is 1. The predicted molar refractivity (Wildman–Crippen MR) is 72.2 cm³/mol. The molecule has 2 aromatic carbocycles. The quantitative estimate of drug-likeness (QED) is 0.759. The molecular weight excluding hydrogens is 224 g/mol. The highest BCUT2D eigenvalue weighted by atomic mass is 16.5. The number of rotatable bonds is 3. The van der Waals surface area contributed by atoms with Crippen LogP contribution in [0.5, 0.6) is 0 Å². The molecule has 0 amide bonds. The van der Waals surface area contributed by atoms with Crippen LogP contribution in [0.15, 0.2) is 48.5 Å². The topological polar surface area (TPSA) is 37.9 Å². The Bertz CT molecular complexity index is 623. The Labute approximate surface area is 105 Å². The van der Waals surface area contributed by atoms with Crippen LogP contribution >= 0.6 is 0 Å². The van der Waals surface area contributed by atoms with Gasteiger partial charge in [-0.1, -0.05) is 36.4 Å². The third-order valence-electron chi connectivity index (χ3n) is 2.93. The summed E-state index contributed by atoms with van der Waals surface area (Å²) in [6, 6.07) is 16.3. The molecule has 0 bridgehead atoms. The molecule has 1 N–H and O–H groups in total. The third-order valence-corrected chi connectivity index (χ3v) is 2.93. The van der Waals surface area contributed by atoms with E-state index in [9.17, 15) is 0 Å². The molecule has 0 atom stereocenters. The molecule has 0 saturated carbocycles. The maximum Gasteiger partial charge on any atom is 0.138 e. The average molecular weight is 238 g/mol. The van der Waals surface area contributed by atoms with E-state index < -0.39 is 0 Å². The van der Waals surface area contributed by atoms with Crippen molar-refractivity contribution < 1.29 is 4.74 Å². The first-order valence-electron chi connectivity index (χ1n) is 5.90. The summed E-state index contributed by atoms with van der Waals surface area (Å²) < 4.78 is 5.10. The molecule has 0 aliphatic carbocycles. The van der Waals surface area contributed by atoms with Gasteiger partial charge in [0.15, 0.2) is 0 Å². The number of nitrogens with zero attached hydrogens (tertiary/aromatic N) is 1. The molecule has 1 aromatic heterocycles. The first kappa shape index (κ1) is 11.0. The van der Waals surface area contributed by atoms with Crippen LogP contribution in [0.2, 0.25) is 0 Å². The van der Waals surface area contributed by atoms with Crippen molar-refractivity contribution in [3.05, 3.63) is 54.1 Å². The van der Waals surface area contributed by atoms with Gasteiger partial charge < -0.3 is 9.72 Å². The monoisotopic (exact) mass is 238 g/mol. The molecule has 0 radical (unpaired) electrons. The van der Waals surface area contributed by atoms with Gasteiger partial charge in [0.25, 0.3) is 0 Å². The summed E-state index contributed by atoms with van der Waals surface area (Å²) in [4.78, 5) is 7.89. The van der Waals surface area contributed by atoms with Gasteiger partial charge in [0.2, 0.25) is 0 Å². The maximum absolute atomic E-state index is 5.10. The van der Waals surface area contributed by atoms with E-state index in [0.29, 0.717) is 6.61 Å². The van der Waals surface area contributed by atoms with Crippen molar-refractivity contribution in [3.63, 3.8) is 0 Å². The molecule has 3 rings (SSSR count). The van der Waals surface area contributed by atoms with E-state index in [1.807, 2.05) is 24.3 Å². The van der Waals surface area contributed by atoms with Gasteiger partial charge in [-0.2, -0.15) is 0 Å². The zero-order chi connectivity index (χ0) is 12.4. The standard InChI is InChI=1S/C15H14N2O/c1-18-10-11-6-8-12(9-7-11)15-16-13-4-2-3-5-14(13)17-15/h2-9H,10H2,1H3,(H,16,17). The minimum atomic E-state index is 0.639. The van der Waals surface area contributed by atoms with Crippen molar-refractivity contribution in [2.45, 2.75) is 6.61 Å². The summed E-state index contributed by atoms with van der Waals surface area (Å²) in [6.07, 6.45) is 0. The van der Waals surface area contributed by atoms with Crippen molar-refractivity contribution in [1.29, 1.82) is 0 Å². The minimum Gasteiger partial charge on any atom is -0.380 e. The number of H-pyrrole nitrogens is 1. The molecule has 0 spiro atoms. The molecule has 0 unspecified atom stereocenters. The van der Waals surface area contributed by atoms with Gasteiger partial charge in [-0.05, 0) is 17.7 Å².